The fourth-order valence-corrected chi connectivity index (χ4v) is 1.85. The van der Waals surface area contributed by atoms with Crippen LogP contribution in [0.1, 0.15) is 24.3 Å². The monoisotopic (exact) mass is 289 g/mol. The first-order valence-electron chi connectivity index (χ1n) is 6.59. The molecule has 1 heterocycles. The number of nitrogens with zero attached hydrogens (tertiary/aromatic N) is 1. The molecule has 0 saturated heterocycles. The SMILES string of the molecule is COc1ccccc1-c1cc(C(=O)NC(C)(C)CO)[nH]n1. The summed E-state index contributed by atoms with van der Waals surface area (Å²) >= 11 is 0. The highest BCUT2D eigenvalue weighted by Gasteiger charge is 2.21. The Morgan fingerprint density at radius 3 is 2.81 bits per heavy atom. The van der Waals surface area contributed by atoms with Gasteiger partial charge in [0.25, 0.3) is 5.91 Å². The maximum atomic E-state index is 12.1. The minimum absolute atomic E-state index is 0.147. The number of aliphatic hydroxyl groups excluding tert-OH is 1. The molecule has 3 N–H and O–H groups in total. The fourth-order valence-electron chi connectivity index (χ4n) is 1.85. The number of amides is 1. The number of aromatic nitrogens is 2. The number of carbonyl (C=O) groups is 1. The third-order valence-corrected chi connectivity index (χ3v) is 3.05. The Bertz CT molecular complexity index is 635. The van der Waals surface area contributed by atoms with Gasteiger partial charge in [-0.1, -0.05) is 12.1 Å². The van der Waals surface area contributed by atoms with E-state index in [4.69, 9.17) is 4.74 Å². The van der Waals surface area contributed by atoms with Gasteiger partial charge in [0.15, 0.2) is 0 Å². The van der Waals surface area contributed by atoms with Crippen molar-refractivity contribution in [1.82, 2.24) is 15.5 Å². The van der Waals surface area contributed by atoms with Crippen LogP contribution in [-0.2, 0) is 0 Å². The third kappa shape index (κ3) is 3.41. The van der Waals surface area contributed by atoms with Crippen LogP contribution in [0.25, 0.3) is 11.3 Å². The van der Waals surface area contributed by atoms with E-state index in [1.54, 1.807) is 27.0 Å². The van der Waals surface area contributed by atoms with Crippen molar-refractivity contribution in [2.45, 2.75) is 19.4 Å². The lowest BCUT2D eigenvalue weighted by Crippen LogP contribution is -2.46. The van der Waals surface area contributed by atoms with Gasteiger partial charge in [0.1, 0.15) is 11.4 Å². The van der Waals surface area contributed by atoms with Gasteiger partial charge in [0.2, 0.25) is 0 Å². The van der Waals surface area contributed by atoms with Crippen LogP contribution >= 0.6 is 0 Å². The topological polar surface area (TPSA) is 87.2 Å². The molecule has 0 unspecified atom stereocenters. The van der Waals surface area contributed by atoms with Crippen molar-refractivity contribution in [2.75, 3.05) is 13.7 Å². The lowest BCUT2D eigenvalue weighted by Gasteiger charge is -2.22. The number of para-hydroxylation sites is 1. The van der Waals surface area contributed by atoms with Gasteiger partial charge in [0, 0.05) is 5.56 Å². The molecule has 2 rings (SSSR count). The summed E-state index contributed by atoms with van der Waals surface area (Å²) in [6.07, 6.45) is 0. The summed E-state index contributed by atoms with van der Waals surface area (Å²) in [5.41, 5.74) is 1.07. The summed E-state index contributed by atoms with van der Waals surface area (Å²) < 4.78 is 5.28. The zero-order chi connectivity index (χ0) is 15.5. The molecule has 0 aliphatic heterocycles. The number of hydrogen-bond acceptors (Lipinski definition) is 4. The maximum Gasteiger partial charge on any atom is 0.269 e. The van der Waals surface area contributed by atoms with Gasteiger partial charge in [-0.05, 0) is 32.0 Å². The number of methoxy groups -OCH3 is 1. The highest BCUT2D eigenvalue weighted by Crippen LogP contribution is 2.28. The van der Waals surface area contributed by atoms with Crippen LogP contribution in [0.2, 0.25) is 0 Å². The zero-order valence-electron chi connectivity index (χ0n) is 12.3. The molecule has 1 amide bonds. The van der Waals surface area contributed by atoms with Gasteiger partial charge in [-0.15, -0.1) is 0 Å². The van der Waals surface area contributed by atoms with E-state index in [-0.39, 0.29) is 12.5 Å². The zero-order valence-corrected chi connectivity index (χ0v) is 12.3. The first-order chi connectivity index (χ1) is 9.96. The van der Waals surface area contributed by atoms with Crippen LogP contribution in [0.3, 0.4) is 0 Å². The van der Waals surface area contributed by atoms with Crippen molar-refractivity contribution in [1.29, 1.82) is 0 Å². The molecule has 0 radical (unpaired) electrons. The summed E-state index contributed by atoms with van der Waals surface area (Å²) in [4.78, 5) is 12.1. The van der Waals surface area contributed by atoms with E-state index in [9.17, 15) is 9.90 Å². The molecule has 1 aromatic carbocycles. The van der Waals surface area contributed by atoms with Gasteiger partial charge in [-0.2, -0.15) is 5.10 Å². The van der Waals surface area contributed by atoms with E-state index in [1.807, 2.05) is 24.3 Å². The molecular weight excluding hydrogens is 270 g/mol. The van der Waals surface area contributed by atoms with Crippen LogP contribution in [0, 0.1) is 0 Å². The predicted molar refractivity (Wildman–Crippen MR) is 79.2 cm³/mol. The molecule has 6 heteroatoms. The number of rotatable bonds is 5. The number of aliphatic hydroxyl groups is 1. The smallest absolute Gasteiger partial charge is 0.269 e. The van der Waals surface area contributed by atoms with Crippen LogP contribution in [0.5, 0.6) is 5.75 Å². The van der Waals surface area contributed by atoms with Gasteiger partial charge in [0.05, 0.1) is 24.9 Å². The van der Waals surface area contributed by atoms with E-state index in [1.165, 1.54) is 0 Å². The molecule has 1 aromatic heterocycles. The first-order valence-corrected chi connectivity index (χ1v) is 6.59. The Kier molecular flexibility index (Phi) is 4.28. The van der Waals surface area contributed by atoms with E-state index in [0.717, 1.165) is 5.56 Å². The molecule has 0 saturated carbocycles. The lowest BCUT2D eigenvalue weighted by molar-refractivity contribution is 0.0864. The van der Waals surface area contributed by atoms with Crippen molar-refractivity contribution < 1.29 is 14.6 Å². The molecule has 0 atom stereocenters. The Hall–Kier alpha value is -2.34. The number of hydrogen-bond donors (Lipinski definition) is 3. The molecule has 0 aliphatic carbocycles. The summed E-state index contributed by atoms with van der Waals surface area (Å²) in [5.74, 6) is 0.370. The van der Waals surface area contributed by atoms with Crippen molar-refractivity contribution in [3.05, 3.63) is 36.0 Å². The quantitative estimate of drug-likeness (QED) is 0.780. The number of ether oxygens (including phenoxy) is 1. The van der Waals surface area contributed by atoms with Crippen LogP contribution < -0.4 is 10.1 Å². The predicted octanol–water partition coefficient (Wildman–Crippen LogP) is 1.59. The molecule has 112 valence electrons. The van der Waals surface area contributed by atoms with E-state index < -0.39 is 5.54 Å². The largest absolute Gasteiger partial charge is 0.496 e. The second-order valence-corrected chi connectivity index (χ2v) is 5.36. The van der Waals surface area contributed by atoms with Crippen molar-refractivity contribution >= 4 is 5.91 Å². The Morgan fingerprint density at radius 2 is 2.14 bits per heavy atom. The summed E-state index contributed by atoms with van der Waals surface area (Å²) in [6, 6.07) is 9.10. The number of benzene rings is 1. The average molecular weight is 289 g/mol. The summed E-state index contributed by atoms with van der Waals surface area (Å²) in [6.45, 7) is 3.33. The molecule has 0 spiro atoms. The average Bonchev–Trinajstić information content (AvgIpc) is 2.96. The minimum atomic E-state index is -0.688. The molecule has 2 aromatic rings. The van der Waals surface area contributed by atoms with Crippen molar-refractivity contribution in [2.24, 2.45) is 0 Å². The van der Waals surface area contributed by atoms with Crippen molar-refractivity contribution in [3.63, 3.8) is 0 Å². The molecule has 0 fully saturated rings. The maximum absolute atomic E-state index is 12.1. The third-order valence-electron chi connectivity index (χ3n) is 3.05. The minimum Gasteiger partial charge on any atom is -0.496 e. The second kappa shape index (κ2) is 5.97. The Labute approximate surface area is 123 Å². The second-order valence-electron chi connectivity index (χ2n) is 5.36. The van der Waals surface area contributed by atoms with Crippen LogP contribution in [0.4, 0.5) is 0 Å². The molecule has 21 heavy (non-hydrogen) atoms. The van der Waals surface area contributed by atoms with Crippen molar-refractivity contribution in [3.8, 4) is 17.0 Å². The van der Waals surface area contributed by atoms with E-state index in [2.05, 4.69) is 15.5 Å². The van der Waals surface area contributed by atoms with E-state index in [0.29, 0.717) is 17.1 Å². The number of nitrogens with one attached hydrogen (secondary N) is 2. The van der Waals surface area contributed by atoms with Gasteiger partial charge >= 0.3 is 0 Å². The van der Waals surface area contributed by atoms with Gasteiger partial charge in [-0.25, -0.2) is 0 Å². The normalized spacial score (nSPS) is 11.2. The first kappa shape index (κ1) is 15.1. The molecule has 0 bridgehead atoms. The molecular formula is C15H19N3O3. The Balaban J connectivity index is 2.24. The highest BCUT2D eigenvalue weighted by atomic mass is 16.5. The fraction of sp³-hybridized carbons (Fsp3) is 0.333. The van der Waals surface area contributed by atoms with Crippen LogP contribution in [0.15, 0.2) is 30.3 Å². The highest BCUT2D eigenvalue weighted by molar-refractivity contribution is 5.94. The lowest BCUT2D eigenvalue weighted by atomic mass is 10.1. The van der Waals surface area contributed by atoms with Gasteiger partial charge < -0.3 is 15.2 Å². The number of aromatic amines is 1. The van der Waals surface area contributed by atoms with Crippen LogP contribution in [-0.4, -0.2) is 40.5 Å². The van der Waals surface area contributed by atoms with Gasteiger partial charge in [-0.3, -0.25) is 9.89 Å². The summed E-state index contributed by atoms with van der Waals surface area (Å²) in [5, 5.41) is 18.8. The Morgan fingerprint density at radius 1 is 1.43 bits per heavy atom. The molecule has 0 aliphatic rings. The standard InChI is InChI=1S/C15H19N3O3/c1-15(2,9-19)16-14(20)12-8-11(17-18-12)10-6-4-5-7-13(10)21-3/h4-8,19H,9H2,1-3H3,(H,16,20)(H,17,18). The number of carbonyl (C=O) groups excluding carboxylic acids is 1. The summed E-state index contributed by atoms with van der Waals surface area (Å²) in [7, 11) is 1.59. The number of H-pyrrole nitrogens is 1. The van der Waals surface area contributed by atoms with E-state index >= 15 is 0 Å². The molecule has 6 nitrogen and oxygen atoms in total.